The minimum absolute atomic E-state index is 0.0280. The van der Waals surface area contributed by atoms with Gasteiger partial charge in [0.05, 0.1) is 5.69 Å². The van der Waals surface area contributed by atoms with E-state index in [4.69, 9.17) is 0 Å². The molecule has 18 heavy (non-hydrogen) atoms. The number of rotatable bonds is 4. The van der Waals surface area contributed by atoms with Crippen molar-refractivity contribution in [3.63, 3.8) is 0 Å². The van der Waals surface area contributed by atoms with Crippen LogP contribution in [0.4, 0.5) is 10.1 Å². The largest absolute Gasteiger partial charge is 0.355 e. The summed E-state index contributed by atoms with van der Waals surface area (Å²) in [5, 5.41) is 5.85. The van der Waals surface area contributed by atoms with Crippen molar-refractivity contribution >= 4 is 11.6 Å². The van der Waals surface area contributed by atoms with Crippen LogP contribution < -0.4 is 15.5 Å². The molecule has 1 saturated heterocycles. The van der Waals surface area contributed by atoms with Gasteiger partial charge in [-0.1, -0.05) is 12.1 Å². The first-order valence-corrected chi connectivity index (χ1v) is 6.17. The van der Waals surface area contributed by atoms with Crippen LogP contribution in [0, 0.1) is 5.82 Å². The van der Waals surface area contributed by atoms with Crippen molar-refractivity contribution < 1.29 is 9.18 Å². The van der Waals surface area contributed by atoms with Crippen molar-refractivity contribution in [2.24, 2.45) is 0 Å². The molecule has 0 aromatic heterocycles. The molecule has 1 amide bonds. The topological polar surface area (TPSA) is 44.4 Å². The van der Waals surface area contributed by atoms with E-state index in [1.807, 2.05) is 11.9 Å². The molecule has 0 bridgehead atoms. The van der Waals surface area contributed by atoms with E-state index in [1.165, 1.54) is 6.07 Å². The quantitative estimate of drug-likeness (QED) is 0.829. The predicted octanol–water partition coefficient (Wildman–Crippen LogP) is 0.740. The Balaban J connectivity index is 2.22. The van der Waals surface area contributed by atoms with Crippen molar-refractivity contribution in [1.82, 2.24) is 10.6 Å². The Morgan fingerprint density at radius 2 is 2.28 bits per heavy atom. The molecule has 1 aliphatic heterocycles. The zero-order valence-electron chi connectivity index (χ0n) is 10.4. The summed E-state index contributed by atoms with van der Waals surface area (Å²) in [5.74, 6) is -0.304. The van der Waals surface area contributed by atoms with Gasteiger partial charge in [0.1, 0.15) is 11.9 Å². The van der Waals surface area contributed by atoms with Crippen LogP contribution in [-0.4, -0.2) is 38.6 Å². The highest BCUT2D eigenvalue weighted by atomic mass is 19.1. The van der Waals surface area contributed by atoms with Gasteiger partial charge in [-0.15, -0.1) is 0 Å². The fraction of sp³-hybridized carbons (Fsp3) is 0.462. The first-order valence-electron chi connectivity index (χ1n) is 6.17. The van der Waals surface area contributed by atoms with Gasteiger partial charge >= 0.3 is 0 Å². The normalized spacial score (nSPS) is 19.8. The first kappa shape index (κ1) is 12.8. The van der Waals surface area contributed by atoms with Crippen LogP contribution in [0.15, 0.2) is 24.3 Å². The standard InChI is InChI=1S/C13H18FN3O/c1-15-7-6-12-13(18)16-8-9-17(12)11-5-3-2-4-10(11)14/h2-5,12,15H,6-9H2,1H3,(H,16,18). The zero-order valence-corrected chi connectivity index (χ0v) is 10.4. The third-order valence-corrected chi connectivity index (χ3v) is 3.16. The predicted molar refractivity (Wildman–Crippen MR) is 69.1 cm³/mol. The average Bonchev–Trinajstić information content (AvgIpc) is 2.38. The number of carbonyl (C=O) groups excluding carboxylic acids is 1. The third kappa shape index (κ3) is 2.61. The lowest BCUT2D eigenvalue weighted by Gasteiger charge is -2.37. The molecule has 1 fully saturated rings. The minimum atomic E-state index is -0.303. The molecular formula is C13H18FN3O. The van der Waals surface area contributed by atoms with Crippen LogP contribution in [0.3, 0.4) is 0 Å². The van der Waals surface area contributed by atoms with Crippen molar-refractivity contribution in [2.45, 2.75) is 12.5 Å². The van der Waals surface area contributed by atoms with E-state index in [2.05, 4.69) is 10.6 Å². The molecule has 1 aromatic rings. The molecule has 1 aliphatic rings. The van der Waals surface area contributed by atoms with Gasteiger partial charge in [0, 0.05) is 13.1 Å². The summed E-state index contributed by atoms with van der Waals surface area (Å²) in [7, 11) is 1.84. The van der Waals surface area contributed by atoms with Crippen LogP contribution in [-0.2, 0) is 4.79 Å². The van der Waals surface area contributed by atoms with Crippen molar-refractivity contribution in [1.29, 1.82) is 0 Å². The molecule has 5 heteroatoms. The molecule has 1 unspecified atom stereocenters. The molecule has 0 saturated carbocycles. The number of nitrogens with one attached hydrogen (secondary N) is 2. The van der Waals surface area contributed by atoms with E-state index in [0.29, 0.717) is 25.2 Å². The summed E-state index contributed by atoms with van der Waals surface area (Å²) in [6.07, 6.45) is 0.663. The van der Waals surface area contributed by atoms with Gasteiger partial charge in [0.2, 0.25) is 5.91 Å². The van der Waals surface area contributed by atoms with E-state index >= 15 is 0 Å². The second kappa shape index (κ2) is 5.82. The summed E-state index contributed by atoms with van der Waals surface area (Å²) >= 11 is 0. The van der Waals surface area contributed by atoms with Crippen LogP contribution in [0.5, 0.6) is 0 Å². The number of nitrogens with zero attached hydrogens (tertiary/aromatic N) is 1. The molecule has 2 N–H and O–H groups in total. The molecule has 1 aromatic carbocycles. The summed E-state index contributed by atoms with van der Waals surface area (Å²) in [6, 6.07) is 6.30. The molecule has 0 radical (unpaired) electrons. The first-order chi connectivity index (χ1) is 8.74. The molecule has 98 valence electrons. The van der Waals surface area contributed by atoms with Crippen LogP contribution >= 0.6 is 0 Å². The Hall–Kier alpha value is -1.62. The fourth-order valence-electron chi connectivity index (χ4n) is 2.26. The van der Waals surface area contributed by atoms with Gasteiger partial charge < -0.3 is 15.5 Å². The number of para-hydroxylation sites is 1. The number of carbonyl (C=O) groups is 1. The van der Waals surface area contributed by atoms with E-state index in [0.717, 1.165) is 6.54 Å². The Morgan fingerprint density at radius 1 is 1.50 bits per heavy atom. The van der Waals surface area contributed by atoms with Crippen molar-refractivity contribution in [3.05, 3.63) is 30.1 Å². The summed E-state index contributed by atoms with van der Waals surface area (Å²) < 4.78 is 13.8. The second-order valence-electron chi connectivity index (χ2n) is 4.34. The number of piperazine rings is 1. The van der Waals surface area contributed by atoms with Gasteiger partial charge in [-0.05, 0) is 32.1 Å². The van der Waals surface area contributed by atoms with Gasteiger partial charge in [0.25, 0.3) is 0 Å². The molecule has 0 spiro atoms. The van der Waals surface area contributed by atoms with E-state index < -0.39 is 0 Å². The SMILES string of the molecule is CNCCC1C(=O)NCCN1c1ccccc1F. The van der Waals surface area contributed by atoms with Gasteiger partial charge in [-0.2, -0.15) is 0 Å². The monoisotopic (exact) mass is 251 g/mol. The Bertz CT molecular complexity index is 424. The van der Waals surface area contributed by atoms with Gasteiger partial charge in [0.15, 0.2) is 0 Å². The highest BCUT2D eigenvalue weighted by Gasteiger charge is 2.30. The van der Waals surface area contributed by atoms with Crippen LogP contribution in [0.2, 0.25) is 0 Å². The Kier molecular flexibility index (Phi) is 4.15. The summed E-state index contributed by atoms with van der Waals surface area (Å²) in [4.78, 5) is 13.7. The minimum Gasteiger partial charge on any atom is -0.355 e. The number of benzene rings is 1. The lowest BCUT2D eigenvalue weighted by Crippen LogP contribution is -2.56. The number of anilines is 1. The zero-order chi connectivity index (χ0) is 13.0. The maximum absolute atomic E-state index is 13.8. The van der Waals surface area contributed by atoms with Gasteiger partial charge in [-0.25, -0.2) is 4.39 Å². The number of amides is 1. The molecule has 0 aliphatic carbocycles. The number of halogens is 1. The van der Waals surface area contributed by atoms with Crippen molar-refractivity contribution in [3.8, 4) is 0 Å². The number of hydrogen-bond acceptors (Lipinski definition) is 3. The van der Waals surface area contributed by atoms with Crippen molar-refractivity contribution in [2.75, 3.05) is 31.6 Å². The van der Waals surface area contributed by atoms with Gasteiger partial charge in [-0.3, -0.25) is 4.79 Å². The molecular weight excluding hydrogens is 233 g/mol. The van der Waals surface area contributed by atoms with Crippen LogP contribution in [0.1, 0.15) is 6.42 Å². The van der Waals surface area contributed by atoms with E-state index in [9.17, 15) is 9.18 Å². The summed E-state index contributed by atoms with van der Waals surface area (Å²) in [5.41, 5.74) is 0.508. The smallest absolute Gasteiger partial charge is 0.242 e. The number of hydrogen-bond donors (Lipinski definition) is 2. The van der Waals surface area contributed by atoms with Crippen LogP contribution in [0.25, 0.3) is 0 Å². The maximum atomic E-state index is 13.8. The molecule has 4 nitrogen and oxygen atoms in total. The highest BCUT2D eigenvalue weighted by molar-refractivity contribution is 5.86. The van der Waals surface area contributed by atoms with E-state index in [-0.39, 0.29) is 17.8 Å². The van der Waals surface area contributed by atoms with E-state index in [1.54, 1.807) is 18.2 Å². The summed E-state index contributed by atoms with van der Waals surface area (Å²) in [6.45, 7) is 1.92. The Labute approximate surface area is 106 Å². The molecule has 1 atom stereocenters. The highest BCUT2D eigenvalue weighted by Crippen LogP contribution is 2.23. The lowest BCUT2D eigenvalue weighted by molar-refractivity contribution is -0.123. The molecule has 1 heterocycles. The molecule has 2 rings (SSSR count). The Morgan fingerprint density at radius 3 is 3.00 bits per heavy atom. The third-order valence-electron chi connectivity index (χ3n) is 3.16. The fourth-order valence-corrected chi connectivity index (χ4v) is 2.26. The average molecular weight is 251 g/mol. The second-order valence-corrected chi connectivity index (χ2v) is 4.34. The maximum Gasteiger partial charge on any atom is 0.242 e. The lowest BCUT2D eigenvalue weighted by atomic mass is 10.1.